The fourth-order valence-electron chi connectivity index (χ4n) is 10.3. The van der Waals surface area contributed by atoms with E-state index in [1.165, 1.54) is 12.1 Å². The number of benzene rings is 3. The number of thiazole rings is 1. The molecule has 10 rings (SSSR count). The minimum Gasteiger partial charge on any atom is -0.490 e. The van der Waals surface area contributed by atoms with Crippen molar-refractivity contribution in [2.24, 2.45) is 16.8 Å². The maximum absolute atomic E-state index is 15.3. The Kier molecular flexibility index (Phi) is 14.0. The van der Waals surface area contributed by atoms with Crippen molar-refractivity contribution >= 4 is 57.7 Å². The molecule has 0 bridgehead atoms. The van der Waals surface area contributed by atoms with Gasteiger partial charge >= 0.3 is 0 Å². The van der Waals surface area contributed by atoms with Crippen molar-refractivity contribution in [1.82, 2.24) is 45.1 Å². The average molecular weight is 1040 g/mol. The average Bonchev–Trinajstić information content (AvgIpc) is 4.19. The molecule has 378 valence electrons. The highest BCUT2D eigenvalue weighted by molar-refractivity contribution is 7.15. The maximum atomic E-state index is 15.3. The van der Waals surface area contributed by atoms with Crippen LogP contribution in [0.4, 0.5) is 4.39 Å². The van der Waals surface area contributed by atoms with Gasteiger partial charge in [-0.2, -0.15) is 5.10 Å². The number of carbonyl (C=O) groups excluding carboxylic acids is 3. The number of hydrogen-bond acceptors (Lipinski definition) is 11. The summed E-state index contributed by atoms with van der Waals surface area (Å²) in [6.45, 7) is 16.5. The zero-order valence-electron chi connectivity index (χ0n) is 42.0. The van der Waals surface area contributed by atoms with Crippen molar-refractivity contribution in [3.05, 3.63) is 140 Å². The molecular formula is C55H58ClFN10O4S2. The number of amides is 3. The molecule has 6 heterocycles. The van der Waals surface area contributed by atoms with E-state index in [2.05, 4.69) is 51.7 Å². The van der Waals surface area contributed by atoms with E-state index in [0.717, 1.165) is 54.0 Å². The third-order valence-corrected chi connectivity index (χ3v) is 16.8. The molecule has 4 aromatic heterocycles. The van der Waals surface area contributed by atoms with E-state index in [1.807, 2.05) is 93.2 Å². The lowest BCUT2D eigenvalue weighted by molar-refractivity contribution is -0.142. The molecule has 73 heavy (non-hydrogen) atoms. The van der Waals surface area contributed by atoms with Gasteiger partial charge in [-0.05, 0) is 99.4 Å². The Balaban J connectivity index is 0.774. The first-order valence-corrected chi connectivity index (χ1v) is 26.9. The van der Waals surface area contributed by atoms with Gasteiger partial charge in [0, 0.05) is 64.3 Å². The Labute approximate surface area is 437 Å². The lowest BCUT2D eigenvalue weighted by atomic mass is 9.89. The minimum absolute atomic E-state index is 0.0611. The summed E-state index contributed by atoms with van der Waals surface area (Å²) >= 11 is 9.54. The number of aryl methyl sites for hydroxylation is 3. The molecular weight excluding hydrogens is 983 g/mol. The quantitative estimate of drug-likeness (QED) is 0.109. The largest absolute Gasteiger partial charge is 0.490 e. The summed E-state index contributed by atoms with van der Waals surface area (Å²) in [5.41, 5.74) is 9.81. The molecule has 0 spiro atoms. The molecule has 2 N–H and O–H groups in total. The van der Waals surface area contributed by atoms with Gasteiger partial charge in [-0.1, -0.05) is 68.8 Å². The second-order valence-corrected chi connectivity index (χ2v) is 22.6. The standard InChI is InChI=1S/C55H58ClFN10O4S2/c1-28(2)50(54(70)65-25-29(3)17-46(65)53(69)60-31(5)35-9-11-37(12-10-35)51-32(6)58-27-72-51)66-26-39(24-59-66)38-18-41(57)20-43(19-38)71-44-21-42(22-44)61-47(68)23-45-52-64-63-34(8)67(52)55-48(30(4)33(7)73-55)49(62-45)36-13-15-40(56)16-14-36/h9-16,18-20,24,26-29,31,42,44-46,50H,17,21-23,25H2,1-8H3,(H,60,69)(H,61,68)/t29-,31?,42-,44-,45+,46+,50+/m1/s1. The summed E-state index contributed by atoms with van der Waals surface area (Å²) in [6.07, 6.45) is 4.82. The molecule has 3 amide bonds. The number of nitrogens with zero attached hydrogens (tertiary/aromatic N) is 8. The summed E-state index contributed by atoms with van der Waals surface area (Å²) in [5, 5.41) is 21.5. The Hall–Kier alpha value is -6.56. The number of fused-ring (bicyclic) bond motifs is 3. The predicted molar refractivity (Wildman–Crippen MR) is 283 cm³/mol. The van der Waals surface area contributed by atoms with E-state index in [4.69, 9.17) is 21.3 Å². The number of aliphatic imine (C=N–C) groups is 1. The number of likely N-dealkylation sites (tertiary alicyclic amines) is 1. The highest BCUT2D eigenvalue weighted by Gasteiger charge is 2.42. The zero-order valence-corrected chi connectivity index (χ0v) is 44.4. The molecule has 1 unspecified atom stereocenters. The van der Waals surface area contributed by atoms with Crippen LogP contribution in [-0.2, 0) is 14.4 Å². The van der Waals surface area contributed by atoms with Gasteiger partial charge in [-0.25, -0.2) is 9.37 Å². The van der Waals surface area contributed by atoms with E-state index in [9.17, 15) is 14.4 Å². The van der Waals surface area contributed by atoms with E-state index < -0.39 is 23.9 Å². The lowest BCUT2D eigenvalue weighted by Gasteiger charge is -2.36. The number of aromatic nitrogens is 6. The van der Waals surface area contributed by atoms with E-state index in [1.54, 1.807) is 50.7 Å². The zero-order chi connectivity index (χ0) is 51.4. The molecule has 14 nitrogen and oxygen atoms in total. The fourth-order valence-corrected chi connectivity index (χ4v) is 12.5. The first-order chi connectivity index (χ1) is 35.0. The molecule has 1 aliphatic carbocycles. The fraction of sp³-hybridized carbons (Fsp3) is 0.382. The number of rotatable bonds is 14. The van der Waals surface area contributed by atoms with E-state index >= 15 is 4.39 Å². The summed E-state index contributed by atoms with van der Waals surface area (Å²) in [4.78, 5) is 55.9. The molecule has 7 aromatic rings. The van der Waals surface area contributed by atoms with Crippen molar-refractivity contribution in [2.45, 2.75) is 117 Å². The molecule has 2 fully saturated rings. The van der Waals surface area contributed by atoms with Crippen LogP contribution in [0.5, 0.6) is 5.75 Å². The Morgan fingerprint density at radius 2 is 1.66 bits per heavy atom. The van der Waals surface area contributed by atoms with Crippen LogP contribution in [0.3, 0.4) is 0 Å². The summed E-state index contributed by atoms with van der Waals surface area (Å²) in [7, 11) is 0. The maximum Gasteiger partial charge on any atom is 0.248 e. The van der Waals surface area contributed by atoms with E-state index in [-0.39, 0.29) is 54.2 Å². The topological polar surface area (TPSA) is 162 Å². The summed E-state index contributed by atoms with van der Waals surface area (Å²) in [5.74, 6) is 0.594. The van der Waals surface area contributed by atoms with Crippen LogP contribution in [0.25, 0.3) is 26.6 Å². The number of carbonyl (C=O) groups is 3. The summed E-state index contributed by atoms with van der Waals surface area (Å²) < 4.78 is 25.3. The van der Waals surface area contributed by atoms with Gasteiger partial charge in [-0.3, -0.25) is 28.6 Å². The first kappa shape index (κ1) is 50.0. The van der Waals surface area contributed by atoms with Gasteiger partial charge in [0.2, 0.25) is 17.7 Å². The SMILES string of the molecule is Cc1ncsc1-c1ccc(C(C)NC(=O)[C@@H]2C[C@@H](C)CN2C(=O)[C@H](C(C)C)n2cc(-c3cc(F)cc(O[C@H]4C[C@H](NC(=O)C[C@@H]5N=C(c6ccc(Cl)cc6)c6c(sc(C)c6C)-n6c(C)nnc65)C4)c3)cn2)cc1. The first-order valence-electron chi connectivity index (χ1n) is 24.8. The number of ether oxygens (including phenoxy) is 1. The van der Waals surface area contributed by atoms with Crippen LogP contribution in [0.1, 0.15) is 116 Å². The van der Waals surface area contributed by atoms with Crippen molar-refractivity contribution in [2.75, 3.05) is 6.54 Å². The van der Waals surface area contributed by atoms with E-state index in [0.29, 0.717) is 59.4 Å². The molecule has 1 saturated carbocycles. The number of hydrogen-bond donors (Lipinski definition) is 2. The van der Waals surface area contributed by atoms with Crippen LogP contribution in [-0.4, -0.2) is 82.6 Å². The number of halogens is 2. The van der Waals surface area contributed by atoms with Crippen LogP contribution in [0.15, 0.2) is 89.6 Å². The third kappa shape index (κ3) is 10.1. The highest BCUT2D eigenvalue weighted by atomic mass is 35.5. The van der Waals surface area contributed by atoms with Gasteiger partial charge in [0.05, 0.1) is 40.5 Å². The number of thiophene rings is 1. The van der Waals surface area contributed by atoms with Crippen LogP contribution >= 0.6 is 34.3 Å². The normalized spacial score (nSPS) is 20.1. The predicted octanol–water partition coefficient (Wildman–Crippen LogP) is 10.7. The monoisotopic (exact) mass is 1040 g/mol. The van der Waals surface area contributed by atoms with Crippen LogP contribution in [0.2, 0.25) is 5.02 Å². The smallest absolute Gasteiger partial charge is 0.248 e. The molecule has 18 heteroatoms. The molecule has 5 atom stereocenters. The van der Waals surface area contributed by atoms with Gasteiger partial charge in [0.1, 0.15) is 46.6 Å². The van der Waals surface area contributed by atoms with Crippen molar-refractivity contribution < 1.29 is 23.5 Å². The minimum atomic E-state index is -0.703. The lowest BCUT2D eigenvalue weighted by Crippen LogP contribution is -2.49. The highest BCUT2D eigenvalue weighted by Crippen LogP contribution is 2.41. The molecule has 1 saturated heterocycles. The summed E-state index contributed by atoms with van der Waals surface area (Å²) in [6, 6.07) is 17.9. The van der Waals surface area contributed by atoms with Crippen LogP contribution in [0, 0.1) is 45.3 Å². The van der Waals surface area contributed by atoms with Crippen molar-refractivity contribution in [3.8, 4) is 32.3 Å². The van der Waals surface area contributed by atoms with Gasteiger partial charge in [-0.15, -0.1) is 32.9 Å². The third-order valence-electron chi connectivity index (χ3n) is 14.3. The van der Waals surface area contributed by atoms with Crippen molar-refractivity contribution in [1.29, 1.82) is 0 Å². The molecule has 3 aromatic carbocycles. The number of nitrogens with one attached hydrogen (secondary N) is 2. The van der Waals surface area contributed by atoms with Crippen LogP contribution < -0.4 is 15.4 Å². The second-order valence-electron chi connectivity index (χ2n) is 20.1. The Morgan fingerprint density at radius 3 is 2.37 bits per heavy atom. The van der Waals surface area contributed by atoms with Crippen molar-refractivity contribution in [3.63, 3.8) is 0 Å². The molecule has 0 radical (unpaired) electrons. The Bertz CT molecular complexity index is 3250. The molecule has 2 aliphatic heterocycles. The van der Waals surface area contributed by atoms with Gasteiger partial charge in [0.15, 0.2) is 5.82 Å². The molecule has 3 aliphatic rings. The van der Waals surface area contributed by atoms with Gasteiger partial charge in [0.25, 0.3) is 0 Å². The Morgan fingerprint density at radius 1 is 0.918 bits per heavy atom. The van der Waals surface area contributed by atoms with Gasteiger partial charge < -0.3 is 20.3 Å². The second kappa shape index (κ2) is 20.4.